The average Bonchev–Trinajstić information content (AvgIpc) is 3.75. The SMILES string of the molecule is COCCO[C@H]1C(C(C)(C)C)[C@@H](Cn2cc(CN3C[C@@H](CC(C)(C)C)O[C@@H](n4cc(C)c(=O)[nH]c4=O)C3)nn2)O[C@H]1n1cnc2c(=O)[nH]c(C)nc21. The van der Waals surface area contributed by atoms with E-state index in [1.807, 2.05) is 6.20 Å². The number of hydrogen-bond acceptors (Lipinski definition) is 12. The molecule has 0 saturated carbocycles. The van der Waals surface area contributed by atoms with Gasteiger partial charge in [0.1, 0.15) is 11.9 Å². The van der Waals surface area contributed by atoms with E-state index in [1.54, 1.807) is 42.7 Å². The van der Waals surface area contributed by atoms with Crippen LogP contribution in [0.1, 0.15) is 77.5 Å². The zero-order chi connectivity index (χ0) is 37.5. The Morgan fingerprint density at radius 1 is 0.962 bits per heavy atom. The molecule has 17 heteroatoms. The molecule has 284 valence electrons. The molecule has 0 aliphatic carbocycles. The highest BCUT2D eigenvalue weighted by Gasteiger charge is 2.52. The third-order valence-electron chi connectivity index (χ3n) is 9.63. The number of methoxy groups -OCH3 is 1. The van der Waals surface area contributed by atoms with Crippen molar-refractivity contribution in [2.45, 2.75) is 106 Å². The molecule has 1 unspecified atom stereocenters. The van der Waals surface area contributed by atoms with Crippen molar-refractivity contribution in [1.82, 2.24) is 49.0 Å². The van der Waals surface area contributed by atoms with Gasteiger partial charge in [-0.2, -0.15) is 0 Å². The minimum atomic E-state index is -0.613. The summed E-state index contributed by atoms with van der Waals surface area (Å²) in [4.78, 5) is 53.9. The molecule has 6 rings (SSSR count). The van der Waals surface area contributed by atoms with Crippen LogP contribution in [-0.2, 0) is 32.0 Å². The number of ether oxygens (including phenoxy) is 4. The van der Waals surface area contributed by atoms with Gasteiger partial charge in [0, 0.05) is 50.6 Å². The summed E-state index contributed by atoms with van der Waals surface area (Å²) in [7, 11) is 1.63. The monoisotopic (exact) mass is 724 g/mol. The second kappa shape index (κ2) is 14.8. The third kappa shape index (κ3) is 8.28. The number of imidazole rings is 1. The van der Waals surface area contributed by atoms with Gasteiger partial charge >= 0.3 is 5.69 Å². The molecular weight excluding hydrogens is 672 g/mol. The fourth-order valence-corrected chi connectivity index (χ4v) is 7.52. The maximum absolute atomic E-state index is 12.8. The van der Waals surface area contributed by atoms with E-state index in [9.17, 15) is 14.4 Å². The zero-order valence-corrected chi connectivity index (χ0v) is 31.6. The van der Waals surface area contributed by atoms with Gasteiger partial charge in [-0.05, 0) is 31.1 Å². The molecule has 0 radical (unpaired) electrons. The molecule has 6 atom stereocenters. The summed E-state index contributed by atoms with van der Waals surface area (Å²) in [6.07, 6.45) is 3.76. The van der Waals surface area contributed by atoms with Gasteiger partial charge in [-0.15, -0.1) is 5.10 Å². The van der Waals surface area contributed by atoms with Crippen molar-refractivity contribution in [2.24, 2.45) is 16.7 Å². The number of rotatable bonds is 11. The molecule has 0 spiro atoms. The first-order chi connectivity index (χ1) is 24.5. The molecule has 2 aliphatic heterocycles. The summed E-state index contributed by atoms with van der Waals surface area (Å²) in [5.74, 6) is 0.380. The number of fused-ring (bicyclic) bond motifs is 1. The highest BCUT2D eigenvalue weighted by Crippen LogP contribution is 2.46. The van der Waals surface area contributed by atoms with Crippen LogP contribution in [0.15, 0.2) is 33.1 Å². The van der Waals surface area contributed by atoms with Gasteiger partial charge in [0.15, 0.2) is 23.6 Å². The Bertz CT molecular complexity index is 2030. The number of H-pyrrole nitrogens is 2. The van der Waals surface area contributed by atoms with Crippen LogP contribution in [0.4, 0.5) is 0 Å². The van der Waals surface area contributed by atoms with Crippen LogP contribution in [0.25, 0.3) is 11.2 Å². The van der Waals surface area contributed by atoms with Crippen LogP contribution < -0.4 is 16.8 Å². The fraction of sp³-hybridized carbons (Fsp3) is 0.686. The van der Waals surface area contributed by atoms with Crippen LogP contribution in [0.2, 0.25) is 0 Å². The van der Waals surface area contributed by atoms with E-state index in [4.69, 9.17) is 18.9 Å². The van der Waals surface area contributed by atoms with E-state index < -0.39 is 29.8 Å². The number of nitrogens with one attached hydrogen (secondary N) is 2. The largest absolute Gasteiger partial charge is 0.382 e. The molecule has 2 saturated heterocycles. The smallest absolute Gasteiger partial charge is 0.330 e. The van der Waals surface area contributed by atoms with Gasteiger partial charge in [-0.1, -0.05) is 46.8 Å². The summed E-state index contributed by atoms with van der Waals surface area (Å²) in [6, 6.07) is 0. The van der Waals surface area contributed by atoms with E-state index >= 15 is 0 Å². The Kier molecular flexibility index (Phi) is 10.7. The third-order valence-corrected chi connectivity index (χ3v) is 9.63. The second-order valence-electron chi connectivity index (χ2n) is 16.3. The minimum Gasteiger partial charge on any atom is -0.382 e. The van der Waals surface area contributed by atoms with Crippen LogP contribution in [-0.4, -0.2) is 101 Å². The summed E-state index contributed by atoms with van der Waals surface area (Å²) in [6.45, 7) is 19.1. The van der Waals surface area contributed by atoms with Crippen molar-refractivity contribution in [3.8, 4) is 0 Å². The molecule has 0 aromatic carbocycles. The first kappa shape index (κ1) is 37.7. The van der Waals surface area contributed by atoms with Gasteiger partial charge in [0.05, 0.1) is 44.0 Å². The summed E-state index contributed by atoms with van der Waals surface area (Å²) < 4.78 is 30.1. The van der Waals surface area contributed by atoms with Crippen LogP contribution in [0.5, 0.6) is 0 Å². The number of aromatic amines is 2. The highest BCUT2D eigenvalue weighted by atomic mass is 16.6. The lowest BCUT2D eigenvalue weighted by Gasteiger charge is -2.40. The van der Waals surface area contributed by atoms with E-state index in [1.165, 1.54) is 4.57 Å². The Balaban J connectivity index is 1.25. The minimum absolute atomic E-state index is 0.00523. The maximum atomic E-state index is 12.8. The van der Waals surface area contributed by atoms with Gasteiger partial charge in [-0.25, -0.2) is 19.4 Å². The fourth-order valence-electron chi connectivity index (χ4n) is 7.52. The van der Waals surface area contributed by atoms with E-state index in [-0.39, 0.29) is 40.0 Å². The number of hydrogen-bond donors (Lipinski definition) is 2. The molecule has 0 amide bonds. The Hall–Kier alpha value is -4.03. The number of nitrogens with zero attached hydrogens (tertiary/aromatic N) is 8. The van der Waals surface area contributed by atoms with Crippen molar-refractivity contribution in [2.75, 3.05) is 33.4 Å². The van der Waals surface area contributed by atoms with E-state index in [0.717, 1.165) is 12.1 Å². The predicted molar refractivity (Wildman–Crippen MR) is 191 cm³/mol. The zero-order valence-electron chi connectivity index (χ0n) is 31.6. The quantitative estimate of drug-likeness (QED) is 0.215. The van der Waals surface area contributed by atoms with Crippen molar-refractivity contribution in [1.29, 1.82) is 0 Å². The molecule has 2 fully saturated rings. The van der Waals surface area contributed by atoms with Crippen LogP contribution in [0.3, 0.4) is 0 Å². The Labute approximate surface area is 301 Å². The maximum Gasteiger partial charge on any atom is 0.330 e. The predicted octanol–water partition coefficient (Wildman–Crippen LogP) is 2.31. The Morgan fingerprint density at radius 3 is 2.44 bits per heavy atom. The molecule has 17 nitrogen and oxygen atoms in total. The Morgan fingerprint density at radius 2 is 1.73 bits per heavy atom. The summed E-state index contributed by atoms with van der Waals surface area (Å²) in [5.41, 5.74) is 0.381. The molecule has 2 aliphatic rings. The number of aromatic nitrogens is 9. The van der Waals surface area contributed by atoms with E-state index in [0.29, 0.717) is 56.4 Å². The standard InChI is InChI=1S/C35H52N10O7/c1-20-13-44(33(48)39-30(20)46)25-18-42(16-23(51-25)12-34(3,4)5)14-22-15-43(41-40-22)17-24-26(35(6,7)8)28(50-11-10-49-9)32(52-24)45-19-36-27-29(45)37-21(2)38-31(27)47/h13,15,19,23-26,28,32H,10-12,14,16-18H2,1-9H3,(H,37,38,47)(H,39,46,48)/t23-,24-,25-,26?,28+,32-/m1/s1. The lowest BCUT2D eigenvalue weighted by molar-refractivity contribution is -0.134. The molecular formula is C35H52N10O7. The molecule has 0 bridgehead atoms. The lowest BCUT2D eigenvalue weighted by atomic mass is 9.75. The molecule has 4 aromatic rings. The summed E-state index contributed by atoms with van der Waals surface area (Å²) >= 11 is 0. The van der Waals surface area contributed by atoms with Crippen molar-refractivity contribution in [3.05, 3.63) is 67.0 Å². The number of aryl methyl sites for hydroxylation is 2. The highest BCUT2D eigenvalue weighted by molar-refractivity contribution is 5.69. The van der Waals surface area contributed by atoms with Gasteiger partial charge in [-0.3, -0.25) is 28.6 Å². The molecule has 52 heavy (non-hydrogen) atoms. The molecule has 2 N–H and O–H groups in total. The van der Waals surface area contributed by atoms with Crippen molar-refractivity contribution < 1.29 is 18.9 Å². The van der Waals surface area contributed by atoms with Gasteiger partial charge in [0.25, 0.3) is 11.1 Å². The van der Waals surface area contributed by atoms with Crippen molar-refractivity contribution in [3.63, 3.8) is 0 Å². The first-order valence-electron chi connectivity index (χ1n) is 17.8. The van der Waals surface area contributed by atoms with Gasteiger partial charge in [0.2, 0.25) is 0 Å². The van der Waals surface area contributed by atoms with Crippen molar-refractivity contribution >= 4 is 11.2 Å². The normalized spacial score (nSPS) is 24.6. The average molecular weight is 725 g/mol. The van der Waals surface area contributed by atoms with Gasteiger partial charge < -0.3 is 23.9 Å². The molecule has 6 heterocycles. The summed E-state index contributed by atoms with van der Waals surface area (Å²) in [5, 5.41) is 9.05. The topological polar surface area (TPSA) is 189 Å². The van der Waals surface area contributed by atoms with E-state index in [2.05, 4.69) is 76.7 Å². The lowest BCUT2D eigenvalue weighted by Crippen LogP contribution is -2.49. The first-order valence-corrected chi connectivity index (χ1v) is 17.8. The second-order valence-corrected chi connectivity index (χ2v) is 16.3. The van der Waals surface area contributed by atoms with Crippen LogP contribution in [0, 0.1) is 30.6 Å². The number of morpholine rings is 1. The molecule has 4 aromatic heterocycles. The van der Waals surface area contributed by atoms with Crippen LogP contribution >= 0.6 is 0 Å².